The summed E-state index contributed by atoms with van der Waals surface area (Å²) < 4.78 is 27.7. The molecular formula is C12H22N4O3S. The van der Waals surface area contributed by atoms with Gasteiger partial charge in [-0.1, -0.05) is 6.07 Å². The Morgan fingerprint density at radius 1 is 1.35 bits per heavy atom. The number of ether oxygens (including phenoxy) is 1. The Kier molecular flexibility index (Phi) is 6.21. The Balaban J connectivity index is 2.61. The van der Waals surface area contributed by atoms with E-state index in [1.807, 2.05) is 7.05 Å². The fourth-order valence-electron chi connectivity index (χ4n) is 1.69. The molecule has 5 N–H and O–H groups in total. The molecule has 0 radical (unpaired) electrons. The van der Waals surface area contributed by atoms with E-state index in [-0.39, 0.29) is 10.6 Å². The van der Waals surface area contributed by atoms with Crippen molar-refractivity contribution in [3.8, 4) is 0 Å². The summed E-state index contributed by atoms with van der Waals surface area (Å²) in [5.74, 6) is 0. The van der Waals surface area contributed by atoms with Gasteiger partial charge in [0.05, 0.1) is 18.0 Å². The number of rotatable bonds is 8. The van der Waals surface area contributed by atoms with Crippen molar-refractivity contribution < 1.29 is 13.2 Å². The van der Waals surface area contributed by atoms with Crippen molar-refractivity contribution in [2.45, 2.75) is 4.90 Å². The lowest BCUT2D eigenvalue weighted by atomic mass is 10.2. The Labute approximate surface area is 119 Å². The van der Waals surface area contributed by atoms with Crippen molar-refractivity contribution in [3.63, 3.8) is 0 Å². The topological polar surface area (TPSA) is 111 Å². The van der Waals surface area contributed by atoms with Crippen molar-refractivity contribution in [2.75, 3.05) is 51.4 Å². The van der Waals surface area contributed by atoms with Crippen LogP contribution in [0.4, 0.5) is 11.4 Å². The Morgan fingerprint density at radius 2 is 2.05 bits per heavy atom. The number of primary sulfonamides is 1. The van der Waals surface area contributed by atoms with Crippen LogP contribution in [0.3, 0.4) is 0 Å². The molecule has 0 fully saturated rings. The van der Waals surface area contributed by atoms with E-state index in [0.717, 1.165) is 13.1 Å². The van der Waals surface area contributed by atoms with Gasteiger partial charge >= 0.3 is 0 Å². The molecule has 0 saturated heterocycles. The molecule has 114 valence electrons. The molecule has 1 rings (SSSR count). The number of hydrogen-bond donors (Lipinski definition) is 3. The highest BCUT2D eigenvalue weighted by Crippen LogP contribution is 2.25. The number of sulfonamides is 1. The van der Waals surface area contributed by atoms with Crippen molar-refractivity contribution in [1.82, 2.24) is 4.90 Å². The number of nitrogens with two attached hydrogens (primary N) is 2. The van der Waals surface area contributed by atoms with E-state index in [0.29, 0.717) is 18.8 Å². The van der Waals surface area contributed by atoms with Crippen molar-refractivity contribution in [2.24, 2.45) is 5.14 Å². The van der Waals surface area contributed by atoms with Gasteiger partial charge < -0.3 is 20.7 Å². The lowest BCUT2D eigenvalue weighted by Gasteiger charge is -2.17. The summed E-state index contributed by atoms with van der Waals surface area (Å²) in [7, 11) is -0.166. The van der Waals surface area contributed by atoms with Crippen LogP contribution in [-0.2, 0) is 14.8 Å². The monoisotopic (exact) mass is 302 g/mol. The van der Waals surface area contributed by atoms with Gasteiger partial charge in [0.2, 0.25) is 10.0 Å². The lowest BCUT2D eigenvalue weighted by Crippen LogP contribution is -2.28. The molecule has 1 aromatic rings. The summed E-state index contributed by atoms with van der Waals surface area (Å²) in [5.41, 5.74) is 6.53. The van der Waals surface area contributed by atoms with E-state index in [1.54, 1.807) is 19.2 Å². The SMILES string of the molecule is COCCN(C)CCNc1cccc(S(N)(=O)=O)c1N. The quantitative estimate of drug-likeness (QED) is 0.579. The van der Waals surface area contributed by atoms with Crippen LogP contribution in [0.25, 0.3) is 0 Å². The van der Waals surface area contributed by atoms with Crippen molar-refractivity contribution in [3.05, 3.63) is 18.2 Å². The molecule has 0 amide bonds. The average Bonchev–Trinajstić information content (AvgIpc) is 2.37. The molecule has 1 aromatic carbocycles. The largest absolute Gasteiger partial charge is 0.396 e. The van der Waals surface area contributed by atoms with Crippen LogP contribution in [-0.4, -0.2) is 53.7 Å². The molecule has 20 heavy (non-hydrogen) atoms. The second kappa shape index (κ2) is 7.44. The van der Waals surface area contributed by atoms with Gasteiger partial charge in [-0.15, -0.1) is 0 Å². The van der Waals surface area contributed by atoms with E-state index in [1.165, 1.54) is 6.07 Å². The second-order valence-corrected chi connectivity index (χ2v) is 6.02. The predicted molar refractivity (Wildman–Crippen MR) is 80.1 cm³/mol. The highest BCUT2D eigenvalue weighted by molar-refractivity contribution is 7.89. The zero-order chi connectivity index (χ0) is 15.2. The van der Waals surface area contributed by atoms with Crippen LogP contribution in [0.1, 0.15) is 0 Å². The fourth-order valence-corrected chi connectivity index (χ4v) is 2.37. The number of nitrogens with zero attached hydrogens (tertiary/aromatic N) is 1. The van der Waals surface area contributed by atoms with Crippen LogP contribution in [0.15, 0.2) is 23.1 Å². The normalized spacial score (nSPS) is 11.8. The third-order valence-corrected chi connectivity index (χ3v) is 3.83. The Morgan fingerprint density at radius 3 is 2.65 bits per heavy atom. The number of likely N-dealkylation sites (N-methyl/N-ethyl adjacent to an activating group) is 1. The maximum absolute atomic E-state index is 11.4. The van der Waals surface area contributed by atoms with Gasteiger partial charge in [-0.2, -0.15) is 0 Å². The van der Waals surface area contributed by atoms with E-state index >= 15 is 0 Å². The number of benzene rings is 1. The molecule has 0 saturated carbocycles. The molecule has 8 heteroatoms. The standard InChI is InChI=1S/C12H22N4O3S/c1-16(8-9-19-2)7-6-15-10-4-3-5-11(12(10)13)20(14,17)18/h3-5,15H,6-9,13H2,1-2H3,(H2,14,17,18). The number of methoxy groups -OCH3 is 1. The smallest absolute Gasteiger partial charge is 0.240 e. The van der Waals surface area contributed by atoms with E-state index in [4.69, 9.17) is 15.6 Å². The van der Waals surface area contributed by atoms with Crippen LogP contribution in [0.5, 0.6) is 0 Å². The lowest BCUT2D eigenvalue weighted by molar-refractivity contribution is 0.163. The first-order valence-electron chi connectivity index (χ1n) is 6.19. The predicted octanol–water partition coefficient (Wildman–Crippen LogP) is -0.0937. The van der Waals surface area contributed by atoms with Gasteiger partial charge in [0.25, 0.3) is 0 Å². The first-order valence-corrected chi connectivity index (χ1v) is 7.73. The molecule has 0 bridgehead atoms. The molecule has 0 aliphatic heterocycles. The minimum atomic E-state index is -3.80. The summed E-state index contributed by atoms with van der Waals surface area (Å²) in [6.07, 6.45) is 0. The van der Waals surface area contributed by atoms with Crippen LogP contribution in [0, 0.1) is 0 Å². The summed E-state index contributed by atoms with van der Waals surface area (Å²) >= 11 is 0. The van der Waals surface area contributed by atoms with Gasteiger partial charge in [0, 0.05) is 26.7 Å². The minimum Gasteiger partial charge on any atom is -0.396 e. The highest BCUT2D eigenvalue weighted by atomic mass is 32.2. The maximum Gasteiger partial charge on any atom is 0.240 e. The molecule has 0 aliphatic carbocycles. The highest BCUT2D eigenvalue weighted by Gasteiger charge is 2.14. The van der Waals surface area contributed by atoms with Gasteiger partial charge in [-0.25, -0.2) is 13.6 Å². The third-order valence-electron chi connectivity index (χ3n) is 2.86. The first kappa shape index (κ1) is 16.7. The van der Waals surface area contributed by atoms with Gasteiger partial charge in [-0.05, 0) is 19.2 Å². The Hall–Kier alpha value is -1.35. The number of para-hydroxylation sites is 1. The van der Waals surface area contributed by atoms with Crippen LogP contribution < -0.4 is 16.2 Å². The number of nitrogen functional groups attached to an aromatic ring is 1. The minimum absolute atomic E-state index is 0.0600. The zero-order valence-corrected chi connectivity index (χ0v) is 12.6. The molecule has 0 aromatic heterocycles. The van der Waals surface area contributed by atoms with Gasteiger partial charge in [-0.3, -0.25) is 0 Å². The van der Waals surface area contributed by atoms with Crippen LogP contribution >= 0.6 is 0 Å². The summed E-state index contributed by atoms with van der Waals surface area (Å²) in [4.78, 5) is 2.03. The molecule has 0 aliphatic rings. The fraction of sp³-hybridized carbons (Fsp3) is 0.500. The van der Waals surface area contributed by atoms with Gasteiger partial charge in [0.15, 0.2) is 0 Å². The van der Waals surface area contributed by atoms with E-state index < -0.39 is 10.0 Å². The molecular weight excluding hydrogens is 280 g/mol. The first-order chi connectivity index (χ1) is 9.36. The summed E-state index contributed by atoms with van der Waals surface area (Å²) in [6, 6.07) is 4.72. The van der Waals surface area contributed by atoms with Crippen molar-refractivity contribution in [1.29, 1.82) is 0 Å². The molecule has 0 atom stereocenters. The van der Waals surface area contributed by atoms with E-state index in [9.17, 15) is 8.42 Å². The molecule has 7 nitrogen and oxygen atoms in total. The summed E-state index contributed by atoms with van der Waals surface area (Å²) in [5, 5.41) is 8.21. The third kappa shape index (κ3) is 4.97. The second-order valence-electron chi connectivity index (χ2n) is 4.49. The average molecular weight is 302 g/mol. The zero-order valence-electron chi connectivity index (χ0n) is 11.8. The van der Waals surface area contributed by atoms with E-state index in [2.05, 4.69) is 10.2 Å². The maximum atomic E-state index is 11.4. The number of anilines is 2. The summed E-state index contributed by atoms with van der Waals surface area (Å²) in [6.45, 7) is 2.91. The Bertz CT molecular complexity index is 534. The number of nitrogens with one attached hydrogen (secondary N) is 1. The molecule has 0 heterocycles. The number of hydrogen-bond acceptors (Lipinski definition) is 6. The molecule has 0 spiro atoms. The molecule has 0 unspecified atom stereocenters. The van der Waals surface area contributed by atoms with Crippen molar-refractivity contribution >= 4 is 21.4 Å². The van der Waals surface area contributed by atoms with Gasteiger partial charge in [0.1, 0.15) is 4.90 Å². The van der Waals surface area contributed by atoms with Crippen LogP contribution in [0.2, 0.25) is 0 Å².